The van der Waals surface area contributed by atoms with E-state index in [1.165, 1.54) is 12.1 Å². The molecule has 0 bridgehead atoms. The van der Waals surface area contributed by atoms with Gasteiger partial charge in [0.05, 0.1) is 6.42 Å². The minimum absolute atomic E-state index is 0.0837. The number of carboxylic acid groups (broad SMARTS) is 1. The summed E-state index contributed by atoms with van der Waals surface area (Å²) in [5.41, 5.74) is 0.962. The first-order valence-corrected chi connectivity index (χ1v) is 6.75. The lowest BCUT2D eigenvalue weighted by molar-refractivity contribution is -0.137. The summed E-state index contributed by atoms with van der Waals surface area (Å²) in [5, 5.41) is 11.4. The second-order valence-corrected chi connectivity index (χ2v) is 5.35. The molecule has 0 radical (unpaired) electrons. The molecule has 0 heterocycles. The summed E-state index contributed by atoms with van der Waals surface area (Å²) in [5.74, 6) is -1.37. The van der Waals surface area contributed by atoms with Crippen LogP contribution in [-0.4, -0.2) is 23.0 Å². The van der Waals surface area contributed by atoms with Gasteiger partial charge in [0.1, 0.15) is 5.82 Å². The largest absolute Gasteiger partial charge is 0.481 e. The Morgan fingerprint density at radius 2 is 2.00 bits per heavy atom. The topological polar surface area (TPSA) is 66.4 Å². The normalized spacial score (nSPS) is 22.7. The third-order valence-corrected chi connectivity index (χ3v) is 3.78. The first kappa shape index (κ1) is 14.5. The van der Waals surface area contributed by atoms with Crippen LogP contribution in [0.2, 0.25) is 0 Å². The number of halogens is 1. The van der Waals surface area contributed by atoms with Gasteiger partial charge in [-0.25, -0.2) is 4.39 Å². The first-order valence-electron chi connectivity index (χ1n) is 6.75. The van der Waals surface area contributed by atoms with E-state index in [1.807, 2.05) is 0 Å². The predicted octanol–water partition coefficient (Wildman–Crippen LogP) is 2.30. The molecule has 1 aromatic carbocycles. The van der Waals surface area contributed by atoms with Gasteiger partial charge >= 0.3 is 5.97 Å². The molecule has 1 aromatic rings. The quantitative estimate of drug-likeness (QED) is 0.869. The zero-order valence-corrected chi connectivity index (χ0v) is 11.3. The molecule has 1 fully saturated rings. The predicted molar refractivity (Wildman–Crippen MR) is 71.7 cm³/mol. The Kier molecular flexibility index (Phi) is 4.37. The number of rotatable bonds is 5. The van der Waals surface area contributed by atoms with Gasteiger partial charge in [0.2, 0.25) is 5.91 Å². The van der Waals surface area contributed by atoms with E-state index in [-0.39, 0.29) is 36.0 Å². The molecular weight excluding hydrogens is 261 g/mol. The highest BCUT2D eigenvalue weighted by molar-refractivity contribution is 5.81. The van der Waals surface area contributed by atoms with Crippen LogP contribution in [0.15, 0.2) is 24.3 Å². The Balaban J connectivity index is 1.94. The van der Waals surface area contributed by atoms with Gasteiger partial charge in [0.25, 0.3) is 0 Å². The summed E-state index contributed by atoms with van der Waals surface area (Å²) in [6.45, 7) is 1.68. The standard InChI is InChI=1S/C15H18FNO3/c1-9(8-14(18)19)17-15(20)13-7-6-12(13)10-2-4-11(16)5-3-10/h2-5,9,12-13H,6-8H2,1H3,(H,17,20)(H,18,19). The van der Waals surface area contributed by atoms with Crippen molar-refractivity contribution in [3.05, 3.63) is 35.6 Å². The van der Waals surface area contributed by atoms with Crippen molar-refractivity contribution in [1.29, 1.82) is 0 Å². The van der Waals surface area contributed by atoms with Crippen molar-refractivity contribution in [2.24, 2.45) is 5.92 Å². The second kappa shape index (κ2) is 6.03. The number of amides is 1. The molecule has 20 heavy (non-hydrogen) atoms. The zero-order chi connectivity index (χ0) is 14.7. The summed E-state index contributed by atoms with van der Waals surface area (Å²) in [6, 6.07) is 5.83. The van der Waals surface area contributed by atoms with Crippen LogP contribution >= 0.6 is 0 Å². The minimum Gasteiger partial charge on any atom is -0.481 e. The average Bonchev–Trinajstić information content (AvgIpc) is 2.29. The Morgan fingerprint density at radius 1 is 1.35 bits per heavy atom. The monoisotopic (exact) mass is 279 g/mol. The number of aliphatic carboxylic acids is 1. The molecule has 0 spiro atoms. The summed E-state index contributed by atoms with van der Waals surface area (Å²) in [4.78, 5) is 22.7. The number of benzene rings is 1. The van der Waals surface area contributed by atoms with Crippen molar-refractivity contribution in [3.8, 4) is 0 Å². The van der Waals surface area contributed by atoms with E-state index in [4.69, 9.17) is 5.11 Å². The molecule has 3 atom stereocenters. The third-order valence-electron chi connectivity index (χ3n) is 3.78. The number of carboxylic acids is 1. The lowest BCUT2D eigenvalue weighted by Gasteiger charge is -2.36. The van der Waals surface area contributed by atoms with E-state index in [1.54, 1.807) is 19.1 Å². The van der Waals surface area contributed by atoms with Crippen molar-refractivity contribution >= 4 is 11.9 Å². The molecule has 0 saturated heterocycles. The van der Waals surface area contributed by atoms with Gasteiger partial charge in [-0.2, -0.15) is 0 Å². The molecule has 2 N–H and O–H groups in total. The van der Waals surface area contributed by atoms with Crippen LogP contribution in [0.1, 0.15) is 37.7 Å². The molecule has 3 unspecified atom stereocenters. The van der Waals surface area contributed by atoms with Crippen LogP contribution in [0.3, 0.4) is 0 Å². The van der Waals surface area contributed by atoms with Gasteiger partial charge < -0.3 is 10.4 Å². The molecular formula is C15H18FNO3. The molecule has 0 aliphatic heterocycles. The summed E-state index contributed by atoms with van der Waals surface area (Å²) < 4.78 is 12.9. The molecule has 1 aliphatic rings. The van der Waals surface area contributed by atoms with E-state index < -0.39 is 5.97 Å². The fraction of sp³-hybridized carbons (Fsp3) is 0.467. The van der Waals surface area contributed by atoms with E-state index in [9.17, 15) is 14.0 Å². The summed E-state index contributed by atoms with van der Waals surface area (Å²) in [6.07, 6.45) is 1.60. The van der Waals surface area contributed by atoms with Crippen molar-refractivity contribution in [1.82, 2.24) is 5.32 Å². The van der Waals surface area contributed by atoms with E-state index in [0.29, 0.717) is 0 Å². The Bertz CT molecular complexity index is 500. The van der Waals surface area contributed by atoms with E-state index >= 15 is 0 Å². The highest BCUT2D eigenvalue weighted by atomic mass is 19.1. The molecule has 1 saturated carbocycles. The molecule has 108 valence electrons. The fourth-order valence-electron chi connectivity index (χ4n) is 2.59. The van der Waals surface area contributed by atoms with Gasteiger partial charge in [-0.1, -0.05) is 12.1 Å². The smallest absolute Gasteiger partial charge is 0.305 e. The lowest BCUT2D eigenvalue weighted by Crippen LogP contribution is -2.43. The third kappa shape index (κ3) is 3.35. The van der Waals surface area contributed by atoms with Gasteiger partial charge in [0.15, 0.2) is 0 Å². The van der Waals surface area contributed by atoms with Gasteiger partial charge in [-0.3, -0.25) is 9.59 Å². The van der Waals surface area contributed by atoms with Crippen molar-refractivity contribution in [3.63, 3.8) is 0 Å². The lowest BCUT2D eigenvalue weighted by atomic mass is 9.69. The maximum Gasteiger partial charge on any atom is 0.305 e. The summed E-state index contributed by atoms with van der Waals surface area (Å²) >= 11 is 0. The maximum absolute atomic E-state index is 12.9. The Labute approximate surface area is 117 Å². The van der Waals surface area contributed by atoms with Crippen molar-refractivity contribution in [2.45, 2.75) is 38.1 Å². The van der Waals surface area contributed by atoms with Gasteiger partial charge in [-0.05, 0) is 43.4 Å². The van der Waals surface area contributed by atoms with E-state index in [0.717, 1.165) is 18.4 Å². The molecule has 2 rings (SSSR count). The van der Waals surface area contributed by atoms with Crippen LogP contribution in [0.5, 0.6) is 0 Å². The fourth-order valence-corrected chi connectivity index (χ4v) is 2.59. The SMILES string of the molecule is CC(CC(=O)O)NC(=O)C1CCC1c1ccc(F)cc1. The Morgan fingerprint density at radius 3 is 2.50 bits per heavy atom. The Hall–Kier alpha value is -1.91. The number of hydrogen-bond acceptors (Lipinski definition) is 2. The highest BCUT2D eigenvalue weighted by Crippen LogP contribution is 2.42. The molecule has 5 heteroatoms. The second-order valence-electron chi connectivity index (χ2n) is 5.35. The first-order chi connectivity index (χ1) is 9.47. The maximum atomic E-state index is 12.9. The van der Waals surface area contributed by atoms with Crippen molar-refractivity contribution < 1.29 is 19.1 Å². The summed E-state index contributed by atoms with van der Waals surface area (Å²) in [7, 11) is 0. The van der Waals surface area contributed by atoms with Crippen LogP contribution in [0.25, 0.3) is 0 Å². The van der Waals surface area contributed by atoms with Crippen LogP contribution < -0.4 is 5.32 Å². The number of hydrogen-bond donors (Lipinski definition) is 2. The van der Waals surface area contributed by atoms with Crippen LogP contribution in [0.4, 0.5) is 4.39 Å². The van der Waals surface area contributed by atoms with Crippen molar-refractivity contribution in [2.75, 3.05) is 0 Å². The van der Waals surface area contributed by atoms with Crippen LogP contribution in [0, 0.1) is 11.7 Å². The number of nitrogens with one attached hydrogen (secondary N) is 1. The van der Waals surface area contributed by atoms with Crippen LogP contribution in [-0.2, 0) is 9.59 Å². The average molecular weight is 279 g/mol. The molecule has 1 amide bonds. The van der Waals surface area contributed by atoms with E-state index in [2.05, 4.69) is 5.32 Å². The van der Waals surface area contributed by atoms with Gasteiger partial charge in [0, 0.05) is 12.0 Å². The molecule has 1 aliphatic carbocycles. The minimum atomic E-state index is -0.929. The number of carbonyl (C=O) groups is 2. The van der Waals surface area contributed by atoms with Gasteiger partial charge in [-0.15, -0.1) is 0 Å². The zero-order valence-electron chi connectivity index (χ0n) is 11.3. The molecule has 0 aromatic heterocycles. The highest BCUT2D eigenvalue weighted by Gasteiger charge is 2.37. The molecule has 4 nitrogen and oxygen atoms in total. The number of carbonyl (C=O) groups excluding carboxylic acids is 1.